The van der Waals surface area contributed by atoms with Gasteiger partial charge in [-0.1, -0.05) is 36.4 Å². The first kappa shape index (κ1) is 12.7. The molecule has 102 valence electrons. The second-order valence-electron chi connectivity index (χ2n) is 5.24. The summed E-state index contributed by atoms with van der Waals surface area (Å²) in [5.74, 6) is 0.600. The molecule has 2 aromatic carbocycles. The van der Waals surface area contributed by atoms with Crippen molar-refractivity contribution < 1.29 is 0 Å². The minimum atomic E-state index is 0.600. The van der Waals surface area contributed by atoms with E-state index in [0.717, 1.165) is 24.0 Å². The van der Waals surface area contributed by atoms with Crippen LogP contribution in [0.4, 0.5) is 5.95 Å². The van der Waals surface area contributed by atoms with Crippen molar-refractivity contribution in [3.63, 3.8) is 0 Å². The third kappa shape index (κ3) is 2.16. The van der Waals surface area contributed by atoms with Gasteiger partial charge in [-0.3, -0.25) is 0 Å². The Balaban J connectivity index is 1.95. The van der Waals surface area contributed by atoms with Gasteiger partial charge in [-0.05, 0) is 43.0 Å². The maximum atomic E-state index is 6.08. The molecule has 3 nitrogen and oxygen atoms in total. The van der Waals surface area contributed by atoms with Gasteiger partial charge in [0, 0.05) is 6.54 Å². The van der Waals surface area contributed by atoms with Gasteiger partial charge >= 0.3 is 0 Å². The SMILES string of the molecule is Cc1ccccc1CCn1c(N)nc2cccc(C)c21. The predicted molar refractivity (Wildman–Crippen MR) is 83.8 cm³/mol. The number of aryl methyl sites for hydroxylation is 4. The number of anilines is 1. The molecule has 0 saturated heterocycles. The Morgan fingerprint density at radius 2 is 1.75 bits per heavy atom. The van der Waals surface area contributed by atoms with E-state index >= 15 is 0 Å². The molecule has 0 radical (unpaired) electrons. The number of benzene rings is 2. The van der Waals surface area contributed by atoms with Crippen LogP contribution in [0.25, 0.3) is 11.0 Å². The molecular formula is C17H19N3. The minimum absolute atomic E-state index is 0.600. The molecule has 3 heteroatoms. The molecule has 0 aliphatic rings. The van der Waals surface area contributed by atoms with Gasteiger partial charge in [0.1, 0.15) is 0 Å². The number of hydrogen-bond acceptors (Lipinski definition) is 2. The van der Waals surface area contributed by atoms with E-state index in [0.29, 0.717) is 5.95 Å². The third-order valence-electron chi connectivity index (χ3n) is 3.86. The van der Waals surface area contributed by atoms with Crippen molar-refractivity contribution in [1.29, 1.82) is 0 Å². The first-order valence-corrected chi connectivity index (χ1v) is 6.92. The fraction of sp³-hybridized carbons (Fsp3) is 0.235. The maximum Gasteiger partial charge on any atom is 0.201 e. The van der Waals surface area contributed by atoms with Crippen molar-refractivity contribution in [2.45, 2.75) is 26.8 Å². The Morgan fingerprint density at radius 3 is 2.55 bits per heavy atom. The van der Waals surface area contributed by atoms with Gasteiger partial charge in [-0.15, -0.1) is 0 Å². The predicted octanol–water partition coefficient (Wildman–Crippen LogP) is 3.48. The highest BCUT2D eigenvalue weighted by Gasteiger charge is 2.10. The molecule has 3 aromatic rings. The standard InChI is InChI=1S/C17H19N3/c1-12-6-3-4-8-14(12)10-11-20-16-13(2)7-5-9-15(16)19-17(20)18/h3-9H,10-11H2,1-2H3,(H2,18,19). The normalized spacial score (nSPS) is 11.1. The van der Waals surface area contributed by atoms with Gasteiger partial charge in [-0.25, -0.2) is 4.98 Å². The van der Waals surface area contributed by atoms with Gasteiger partial charge in [0.15, 0.2) is 0 Å². The number of nitrogen functional groups attached to an aromatic ring is 1. The zero-order valence-corrected chi connectivity index (χ0v) is 11.9. The summed E-state index contributed by atoms with van der Waals surface area (Å²) in [6.07, 6.45) is 0.969. The minimum Gasteiger partial charge on any atom is -0.369 e. The van der Waals surface area contributed by atoms with E-state index in [4.69, 9.17) is 5.73 Å². The molecule has 3 rings (SSSR count). The summed E-state index contributed by atoms with van der Waals surface area (Å²) in [4.78, 5) is 4.45. The highest BCUT2D eigenvalue weighted by atomic mass is 15.1. The van der Waals surface area contributed by atoms with E-state index in [1.165, 1.54) is 16.7 Å². The van der Waals surface area contributed by atoms with Crippen molar-refractivity contribution >= 4 is 17.0 Å². The molecule has 0 atom stereocenters. The van der Waals surface area contributed by atoms with Crippen molar-refractivity contribution in [2.75, 3.05) is 5.73 Å². The Labute approximate surface area is 119 Å². The zero-order valence-electron chi connectivity index (χ0n) is 11.9. The number of rotatable bonds is 3. The summed E-state index contributed by atoms with van der Waals surface area (Å²) in [6, 6.07) is 14.6. The van der Waals surface area contributed by atoms with Crippen LogP contribution in [-0.2, 0) is 13.0 Å². The zero-order chi connectivity index (χ0) is 14.1. The highest BCUT2D eigenvalue weighted by Crippen LogP contribution is 2.22. The number of nitrogens with zero attached hydrogens (tertiary/aromatic N) is 2. The number of aromatic nitrogens is 2. The van der Waals surface area contributed by atoms with Crippen LogP contribution in [0.5, 0.6) is 0 Å². The lowest BCUT2D eigenvalue weighted by atomic mass is 10.1. The van der Waals surface area contributed by atoms with E-state index in [-0.39, 0.29) is 0 Å². The summed E-state index contributed by atoms with van der Waals surface area (Å²) in [6.45, 7) is 5.11. The molecule has 1 heterocycles. The molecule has 0 spiro atoms. The van der Waals surface area contributed by atoms with E-state index in [1.807, 2.05) is 12.1 Å². The monoisotopic (exact) mass is 265 g/mol. The molecule has 0 aliphatic heterocycles. The van der Waals surface area contributed by atoms with Crippen LogP contribution in [0, 0.1) is 13.8 Å². The third-order valence-corrected chi connectivity index (χ3v) is 3.86. The van der Waals surface area contributed by atoms with Crippen LogP contribution in [0.3, 0.4) is 0 Å². The van der Waals surface area contributed by atoms with Crippen LogP contribution in [0.2, 0.25) is 0 Å². The van der Waals surface area contributed by atoms with Crippen LogP contribution >= 0.6 is 0 Å². The smallest absolute Gasteiger partial charge is 0.201 e. The molecular weight excluding hydrogens is 246 g/mol. The molecule has 0 aliphatic carbocycles. The van der Waals surface area contributed by atoms with Crippen molar-refractivity contribution in [3.8, 4) is 0 Å². The lowest BCUT2D eigenvalue weighted by molar-refractivity contribution is 0.722. The van der Waals surface area contributed by atoms with Gasteiger partial charge in [-0.2, -0.15) is 0 Å². The highest BCUT2D eigenvalue weighted by molar-refractivity contribution is 5.81. The molecule has 0 amide bonds. The molecule has 2 N–H and O–H groups in total. The molecule has 0 unspecified atom stereocenters. The fourth-order valence-electron chi connectivity index (χ4n) is 2.73. The van der Waals surface area contributed by atoms with E-state index in [9.17, 15) is 0 Å². The fourth-order valence-corrected chi connectivity index (χ4v) is 2.73. The van der Waals surface area contributed by atoms with Gasteiger partial charge in [0.05, 0.1) is 11.0 Å². The Kier molecular flexibility index (Phi) is 3.18. The summed E-state index contributed by atoms with van der Waals surface area (Å²) in [5.41, 5.74) is 12.1. The molecule has 0 bridgehead atoms. The topological polar surface area (TPSA) is 43.8 Å². The molecule has 1 aromatic heterocycles. The molecule has 20 heavy (non-hydrogen) atoms. The number of imidazole rings is 1. The number of hydrogen-bond donors (Lipinski definition) is 1. The Bertz CT molecular complexity index is 756. The van der Waals surface area contributed by atoms with Crippen LogP contribution in [0.15, 0.2) is 42.5 Å². The Hall–Kier alpha value is -2.29. The number of fused-ring (bicyclic) bond motifs is 1. The second kappa shape index (κ2) is 5.00. The van der Waals surface area contributed by atoms with Crippen molar-refractivity contribution in [2.24, 2.45) is 0 Å². The van der Waals surface area contributed by atoms with Crippen LogP contribution in [0.1, 0.15) is 16.7 Å². The largest absolute Gasteiger partial charge is 0.369 e. The van der Waals surface area contributed by atoms with E-state index in [2.05, 4.69) is 53.7 Å². The maximum absolute atomic E-state index is 6.08. The summed E-state index contributed by atoms with van der Waals surface area (Å²) in [5, 5.41) is 0. The number of nitrogens with two attached hydrogens (primary N) is 1. The van der Waals surface area contributed by atoms with Crippen molar-refractivity contribution in [1.82, 2.24) is 9.55 Å². The van der Waals surface area contributed by atoms with Gasteiger partial charge in [0.2, 0.25) is 5.95 Å². The summed E-state index contributed by atoms with van der Waals surface area (Å²) >= 11 is 0. The second-order valence-corrected chi connectivity index (χ2v) is 5.24. The average Bonchev–Trinajstić information content (AvgIpc) is 2.75. The first-order chi connectivity index (χ1) is 9.66. The first-order valence-electron chi connectivity index (χ1n) is 6.92. The molecule has 0 fully saturated rings. The lowest BCUT2D eigenvalue weighted by Gasteiger charge is -2.10. The van der Waals surface area contributed by atoms with Gasteiger partial charge < -0.3 is 10.3 Å². The van der Waals surface area contributed by atoms with Crippen LogP contribution in [-0.4, -0.2) is 9.55 Å². The van der Waals surface area contributed by atoms with Gasteiger partial charge in [0.25, 0.3) is 0 Å². The van der Waals surface area contributed by atoms with Crippen molar-refractivity contribution in [3.05, 3.63) is 59.2 Å². The van der Waals surface area contributed by atoms with E-state index < -0.39 is 0 Å². The average molecular weight is 265 g/mol. The van der Waals surface area contributed by atoms with E-state index in [1.54, 1.807) is 0 Å². The lowest BCUT2D eigenvalue weighted by Crippen LogP contribution is -2.07. The number of para-hydroxylation sites is 1. The Morgan fingerprint density at radius 1 is 1.00 bits per heavy atom. The summed E-state index contributed by atoms with van der Waals surface area (Å²) < 4.78 is 2.12. The summed E-state index contributed by atoms with van der Waals surface area (Å²) in [7, 11) is 0. The quantitative estimate of drug-likeness (QED) is 0.788. The molecule has 0 saturated carbocycles. The van der Waals surface area contributed by atoms with Crippen LogP contribution < -0.4 is 5.73 Å².